The molecule has 4 rings (SSSR count). The largest absolute Gasteiger partial charge is 0.492 e. The van der Waals surface area contributed by atoms with Gasteiger partial charge in [-0.1, -0.05) is 18.3 Å². The topological polar surface area (TPSA) is 106 Å². The number of furan rings is 1. The summed E-state index contributed by atoms with van der Waals surface area (Å²) in [4.78, 5) is 16.7. The number of fused-ring (bicyclic) bond motifs is 1. The second kappa shape index (κ2) is 10.6. The molecule has 0 aliphatic rings. The van der Waals surface area contributed by atoms with Crippen LogP contribution in [0.2, 0.25) is 0 Å². The fraction of sp³-hybridized carbons (Fsp3) is 0.125. The Bertz CT molecular complexity index is 1240. The number of carbonyl (C=O) groups is 1. The van der Waals surface area contributed by atoms with Crippen molar-refractivity contribution in [3.8, 4) is 11.5 Å². The SMILES string of the molecule is O=C(NCCOc1ccc(C(=S)NO)cc1)c1cc2ccc(OCc3cccnc3)cc2o1. The standard InChI is InChI=1S/C24H21N3O5S/c28-23(26-10-11-30-19-6-3-17(4-7-19)24(33)27-29)22-12-18-5-8-20(13-21(18)32-22)31-15-16-2-1-9-25-14-16/h1-9,12-14,29H,10-11,15H2,(H,26,28)(H,27,33). The lowest BCUT2D eigenvalue weighted by Crippen LogP contribution is -2.27. The van der Waals surface area contributed by atoms with Crippen molar-refractivity contribution in [2.45, 2.75) is 6.61 Å². The zero-order valence-electron chi connectivity index (χ0n) is 17.5. The zero-order chi connectivity index (χ0) is 23.0. The van der Waals surface area contributed by atoms with Gasteiger partial charge in [0.15, 0.2) is 5.76 Å². The number of hydrogen-bond donors (Lipinski definition) is 3. The number of amides is 1. The number of aromatic nitrogens is 1. The number of nitrogens with zero attached hydrogens (tertiary/aromatic N) is 1. The lowest BCUT2D eigenvalue weighted by atomic mass is 10.2. The summed E-state index contributed by atoms with van der Waals surface area (Å²) in [5, 5.41) is 12.4. The van der Waals surface area contributed by atoms with Crippen molar-refractivity contribution < 1.29 is 23.9 Å². The Morgan fingerprint density at radius 1 is 1.06 bits per heavy atom. The average molecular weight is 464 g/mol. The molecule has 0 radical (unpaired) electrons. The van der Waals surface area contributed by atoms with E-state index in [2.05, 4.69) is 10.3 Å². The first-order chi connectivity index (χ1) is 16.1. The molecule has 1 amide bonds. The number of carbonyl (C=O) groups excluding carboxylic acids is 1. The monoisotopic (exact) mass is 463 g/mol. The highest BCUT2D eigenvalue weighted by Gasteiger charge is 2.13. The molecule has 0 saturated heterocycles. The third kappa shape index (κ3) is 5.85. The van der Waals surface area contributed by atoms with Crippen molar-refractivity contribution in [3.05, 3.63) is 89.9 Å². The van der Waals surface area contributed by atoms with Gasteiger partial charge in [-0.2, -0.15) is 0 Å². The second-order valence-corrected chi connectivity index (χ2v) is 7.44. The summed E-state index contributed by atoms with van der Waals surface area (Å²) in [7, 11) is 0. The van der Waals surface area contributed by atoms with Crippen molar-refractivity contribution >= 4 is 34.1 Å². The molecule has 4 aromatic rings. The first kappa shape index (κ1) is 22.3. The third-order valence-electron chi connectivity index (χ3n) is 4.72. The number of rotatable bonds is 9. The van der Waals surface area contributed by atoms with Crippen LogP contribution in [0.3, 0.4) is 0 Å². The molecule has 0 aliphatic heterocycles. The Morgan fingerprint density at radius 2 is 1.88 bits per heavy atom. The normalized spacial score (nSPS) is 10.6. The van der Waals surface area contributed by atoms with E-state index in [0.29, 0.717) is 35.8 Å². The molecule has 9 heteroatoms. The third-order valence-corrected chi connectivity index (χ3v) is 5.05. The molecule has 2 heterocycles. The van der Waals surface area contributed by atoms with Crippen LogP contribution >= 0.6 is 12.2 Å². The van der Waals surface area contributed by atoms with Crippen molar-refractivity contribution in [2.75, 3.05) is 13.2 Å². The van der Waals surface area contributed by atoms with Gasteiger partial charge in [-0.15, -0.1) is 0 Å². The Balaban J connectivity index is 1.27. The van der Waals surface area contributed by atoms with Crippen LogP contribution in [0, 0.1) is 0 Å². The summed E-state index contributed by atoms with van der Waals surface area (Å²) in [6.45, 7) is 0.967. The molecule has 0 aliphatic carbocycles. The lowest BCUT2D eigenvalue weighted by molar-refractivity contribution is 0.0921. The predicted molar refractivity (Wildman–Crippen MR) is 126 cm³/mol. The number of thiocarbonyl (C=S) groups is 1. The molecule has 168 valence electrons. The van der Waals surface area contributed by atoms with Crippen LogP contribution in [-0.2, 0) is 6.61 Å². The van der Waals surface area contributed by atoms with Crippen LogP contribution in [0.25, 0.3) is 11.0 Å². The van der Waals surface area contributed by atoms with E-state index in [-0.39, 0.29) is 23.3 Å². The predicted octanol–water partition coefficient (Wildman–Crippen LogP) is 3.87. The van der Waals surface area contributed by atoms with E-state index in [0.717, 1.165) is 10.9 Å². The first-order valence-corrected chi connectivity index (χ1v) is 10.5. The molecule has 8 nitrogen and oxygen atoms in total. The van der Waals surface area contributed by atoms with E-state index in [1.807, 2.05) is 29.7 Å². The molecule has 0 unspecified atom stereocenters. The van der Waals surface area contributed by atoms with Gasteiger partial charge in [0.05, 0.1) is 6.54 Å². The van der Waals surface area contributed by atoms with E-state index in [1.165, 1.54) is 0 Å². The summed E-state index contributed by atoms with van der Waals surface area (Å²) >= 11 is 4.94. The minimum absolute atomic E-state index is 0.212. The van der Waals surface area contributed by atoms with Gasteiger partial charge in [0.1, 0.15) is 35.3 Å². The number of benzene rings is 2. The van der Waals surface area contributed by atoms with Gasteiger partial charge in [0, 0.05) is 35.0 Å². The second-order valence-electron chi connectivity index (χ2n) is 7.03. The molecule has 33 heavy (non-hydrogen) atoms. The average Bonchev–Trinajstić information content (AvgIpc) is 3.29. The molecule has 0 spiro atoms. The number of ether oxygens (including phenoxy) is 2. The van der Waals surface area contributed by atoms with E-state index < -0.39 is 0 Å². The van der Waals surface area contributed by atoms with E-state index in [9.17, 15) is 4.79 Å². The van der Waals surface area contributed by atoms with Crippen molar-refractivity contribution in [1.82, 2.24) is 15.8 Å². The Kier molecular flexibility index (Phi) is 7.13. The maximum atomic E-state index is 12.4. The molecule has 3 N–H and O–H groups in total. The van der Waals surface area contributed by atoms with Gasteiger partial charge in [-0.25, -0.2) is 0 Å². The fourth-order valence-corrected chi connectivity index (χ4v) is 3.19. The van der Waals surface area contributed by atoms with E-state index in [1.54, 1.807) is 48.8 Å². The maximum absolute atomic E-state index is 12.4. The van der Waals surface area contributed by atoms with Crippen molar-refractivity contribution in [3.63, 3.8) is 0 Å². The molecule has 2 aromatic carbocycles. The molecular formula is C24H21N3O5S. The zero-order valence-corrected chi connectivity index (χ0v) is 18.3. The lowest BCUT2D eigenvalue weighted by Gasteiger charge is -2.08. The number of pyridine rings is 1. The van der Waals surface area contributed by atoms with Gasteiger partial charge in [-0.3, -0.25) is 20.5 Å². The molecule has 2 aromatic heterocycles. The van der Waals surface area contributed by atoms with Gasteiger partial charge >= 0.3 is 0 Å². The summed E-state index contributed by atoms with van der Waals surface area (Å²) in [6.07, 6.45) is 3.46. The van der Waals surface area contributed by atoms with Gasteiger partial charge < -0.3 is 19.2 Å². The summed E-state index contributed by atoms with van der Waals surface area (Å²) in [5.41, 5.74) is 4.13. The molecule has 0 fully saturated rings. The van der Waals surface area contributed by atoms with Crippen LogP contribution in [-0.4, -0.2) is 34.2 Å². The Hall–Kier alpha value is -3.95. The fourth-order valence-electron chi connectivity index (χ4n) is 3.05. The summed E-state index contributed by atoms with van der Waals surface area (Å²) in [6, 6.07) is 17.8. The molecule has 0 bridgehead atoms. The summed E-state index contributed by atoms with van der Waals surface area (Å²) in [5.74, 6) is 1.14. The van der Waals surface area contributed by atoms with Crippen LogP contribution in [0.1, 0.15) is 21.7 Å². The summed E-state index contributed by atoms with van der Waals surface area (Å²) < 4.78 is 17.1. The highest BCUT2D eigenvalue weighted by atomic mass is 32.1. The van der Waals surface area contributed by atoms with Gasteiger partial charge in [-0.05, 0) is 48.5 Å². The highest BCUT2D eigenvalue weighted by molar-refractivity contribution is 7.80. The van der Waals surface area contributed by atoms with Gasteiger partial charge in [0.2, 0.25) is 0 Å². The quantitative estimate of drug-likeness (QED) is 0.195. The van der Waals surface area contributed by atoms with Crippen LogP contribution in [0.15, 0.2) is 77.5 Å². The number of hydroxylamine groups is 1. The van der Waals surface area contributed by atoms with Crippen LogP contribution in [0.4, 0.5) is 0 Å². The molecule has 0 atom stereocenters. The van der Waals surface area contributed by atoms with Crippen molar-refractivity contribution in [1.29, 1.82) is 0 Å². The smallest absolute Gasteiger partial charge is 0.287 e. The minimum Gasteiger partial charge on any atom is -0.492 e. The van der Waals surface area contributed by atoms with E-state index >= 15 is 0 Å². The molecule has 0 saturated carbocycles. The minimum atomic E-state index is -0.331. The number of nitrogens with one attached hydrogen (secondary N) is 2. The molecular weight excluding hydrogens is 442 g/mol. The van der Waals surface area contributed by atoms with Crippen molar-refractivity contribution in [2.24, 2.45) is 0 Å². The number of hydrogen-bond acceptors (Lipinski definition) is 7. The van der Waals surface area contributed by atoms with Gasteiger partial charge in [0.25, 0.3) is 5.91 Å². The van der Waals surface area contributed by atoms with Crippen LogP contribution in [0.5, 0.6) is 11.5 Å². The Morgan fingerprint density at radius 3 is 2.64 bits per heavy atom. The van der Waals surface area contributed by atoms with Crippen LogP contribution < -0.4 is 20.3 Å². The van der Waals surface area contributed by atoms with E-state index in [4.69, 9.17) is 31.3 Å². The maximum Gasteiger partial charge on any atom is 0.287 e. The highest BCUT2D eigenvalue weighted by Crippen LogP contribution is 2.25. The Labute approximate surface area is 195 Å². The first-order valence-electron chi connectivity index (χ1n) is 10.1.